The number of hydrogen-bond acceptors (Lipinski definition) is 2. The Hall–Kier alpha value is -0.890. The second-order valence-corrected chi connectivity index (χ2v) is 4.41. The zero-order valence-corrected chi connectivity index (χ0v) is 9.45. The fourth-order valence-electron chi connectivity index (χ4n) is 2.04. The van der Waals surface area contributed by atoms with Gasteiger partial charge in [0.2, 0.25) is 0 Å². The second kappa shape index (κ2) is 5.26. The topological polar surface area (TPSA) is 24.9 Å². The van der Waals surface area contributed by atoms with E-state index in [4.69, 9.17) is 0 Å². The lowest BCUT2D eigenvalue weighted by Crippen LogP contribution is -2.21. The SMILES string of the molecule is CCNC(CCC1CC1)c1ccncc1. The van der Waals surface area contributed by atoms with Gasteiger partial charge in [0, 0.05) is 18.4 Å². The molecule has 1 heterocycles. The van der Waals surface area contributed by atoms with Gasteiger partial charge in [0.15, 0.2) is 0 Å². The summed E-state index contributed by atoms with van der Waals surface area (Å²) < 4.78 is 0. The van der Waals surface area contributed by atoms with Crippen LogP contribution in [0.25, 0.3) is 0 Å². The molecule has 2 heteroatoms. The van der Waals surface area contributed by atoms with Crippen molar-refractivity contribution in [3.63, 3.8) is 0 Å². The Kier molecular flexibility index (Phi) is 3.73. The van der Waals surface area contributed by atoms with Crippen molar-refractivity contribution in [2.75, 3.05) is 6.54 Å². The Morgan fingerprint density at radius 3 is 2.73 bits per heavy atom. The molecule has 1 fully saturated rings. The summed E-state index contributed by atoms with van der Waals surface area (Å²) in [5.41, 5.74) is 1.38. The number of aromatic nitrogens is 1. The smallest absolute Gasteiger partial charge is 0.0321 e. The normalized spacial score (nSPS) is 17.7. The van der Waals surface area contributed by atoms with Crippen LogP contribution in [0.4, 0.5) is 0 Å². The molecule has 1 atom stereocenters. The van der Waals surface area contributed by atoms with Gasteiger partial charge in [0.1, 0.15) is 0 Å². The predicted octanol–water partition coefficient (Wildman–Crippen LogP) is 2.92. The molecular weight excluding hydrogens is 184 g/mol. The largest absolute Gasteiger partial charge is 0.310 e. The summed E-state index contributed by atoms with van der Waals surface area (Å²) in [7, 11) is 0. The van der Waals surface area contributed by atoms with Crippen molar-refractivity contribution in [2.45, 2.75) is 38.6 Å². The quantitative estimate of drug-likeness (QED) is 0.770. The van der Waals surface area contributed by atoms with Gasteiger partial charge in [0.25, 0.3) is 0 Å². The molecular formula is C13H20N2. The summed E-state index contributed by atoms with van der Waals surface area (Å²) in [6.07, 6.45) is 9.32. The number of nitrogens with zero attached hydrogens (tertiary/aromatic N) is 1. The third-order valence-electron chi connectivity index (χ3n) is 3.12. The van der Waals surface area contributed by atoms with E-state index < -0.39 is 0 Å². The maximum Gasteiger partial charge on any atom is 0.0321 e. The summed E-state index contributed by atoms with van der Waals surface area (Å²) in [5, 5.41) is 3.55. The molecule has 2 nitrogen and oxygen atoms in total. The summed E-state index contributed by atoms with van der Waals surface area (Å²) in [6.45, 7) is 3.21. The van der Waals surface area contributed by atoms with Gasteiger partial charge in [-0.3, -0.25) is 4.98 Å². The minimum atomic E-state index is 0.526. The molecule has 0 aromatic carbocycles. The first-order valence-corrected chi connectivity index (χ1v) is 6.03. The lowest BCUT2D eigenvalue weighted by atomic mass is 10.0. The van der Waals surface area contributed by atoms with Crippen molar-refractivity contribution in [2.24, 2.45) is 5.92 Å². The highest BCUT2D eigenvalue weighted by molar-refractivity contribution is 5.14. The first kappa shape index (κ1) is 10.6. The van der Waals surface area contributed by atoms with Crippen LogP contribution in [0.1, 0.15) is 44.2 Å². The van der Waals surface area contributed by atoms with E-state index in [-0.39, 0.29) is 0 Å². The maximum atomic E-state index is 4.07. The lowest BCUT2D eigenvalue weighted by Gasteiger charge is -2.17. The number of pyridine rings is 1. The second-order valence-electron chi connectivity index (χ2n) is 4.41. The highest BCUT2D eigenvalue weighted by Gasteiger charge is 2.22. The average Bonchev–Trinajstić information content (AvgIpc) is 3.09. The van der Waals surface area contributed by atoms with Crippen LogP contribution in [0.3, 0.4) is 0 Å². The van der Waals surface area contributed by atoms with E-state index in [1.165, 1.54) is 31.2 Å². The Labute approximate surface area is 92.1 Å². The molecule has 2 rings (SSSR count). The zero-order valence-electron chi connectivity index (χ0n) is 9.45. The van der Waals surface area contributed by atoms with Crippen LogP contribution in [0.2, 0.25) is 0 Å². The van der Waals surface area contributed by atoms with Gasteiger partial charge in [0.05, 0.1) is 0 Å². The fourth-order valence-corrected chi connectivity index (χ4v) is 2.04. The molecule has 0 radical (unpaired) electrons. The molecule has 1 unspecified atom stereocenters. The molecule has 0 amide bonds. The van der Waals surface area contributed by atoms with Crippen LogP contribution in [-0.4, -0.2) is 11.5 Å². The summed E-state index contributed by atoms with van der Waals surface area (Å²) in [6, 6.07) is 4.78. The third-order valence-corrected chi connectivity index (χ3v) is 3.12. The fraction of sp³-hybridized carbons (Fsp3) is 0.615. The van der Waals surface area contributed by atoms with Crippen LogP contribution in [0, 0.1) is 5.92 Å². The van der Waals surface area contributed by atoms with Crippen LogP contribution >= 0.6 is 0 Å². The van der Waals surface area contributed by atoms with Gasteiger partial charge < -0.3 is 5.32 Å². The van der Waals surface area contributed by atoms with Gasteiger partial charge in [-0.15, -0.1) is 0 Å². The van der Waals surface area contributed by atoms with Crippen molar-refractivity contribution in [1.82, 2.24) is 10.3 Å². The van der Waals surface area contributed by atoms with Crippen LogP contribution in [0.15, 0.2) is 24.5 Å². The molecule has 1 aromatic heterocycles. The first-order chi connectivity index (χ1) is 7.40. The highest BCUT2D eigenvalue weighted by atomic mass is 14.9. The molecule has 0 saturated heterocycles. The van der Waals surface area contributed by atoms with Crippen LogP contribution in [0.5, 0.6) is 0 Å². The van der Waals surface area contributed by atoms with E-state index in [0.717, 1.165) is 12.5 Å². The van der Waals surface area contributed by atoms with Gasteiger partial charge in [-0.1, -0.05) is 19.8 Å². The van der Waals surface area contributed by atoms with E-state index in [9.17, 15) is 0 Å². The van der Waals surface area contributed by atoms with E-state index in [1.807, 2.05) is 12.4 Å². The summed E-state index contributed by atoms with van der Waals surface area (Å²) >= 11 is 0. The molecule has 0 aliphatic heterocycles. The summed E-state index contributed by atoms with van der Waals surface area (Å²) in [5.74, 6) is 1.02. The van der Waals surface area contributed by atoms with Gasteiger partial charge in [-0.05, 0) is 43.0 Å². The van der Waals surface area contributed by atoms with Crippen molar-refractivity contribution < 1.29 is 0 Å². The van der Waals surface area contributed by atoms with Crippen LogP contribution in [-0.2, 0) is 0 Å². The van der Waals surface area contributed by atoms with Gasteiger partial charge in [-0.2, -0.15) is 0 Å². The molecule has 82 valence electrons. The Balaban J connectivity index is 1.91. The molecule has 1 saturated carbocycles. The van der Waals surface area contributed by atoms with Gasteiger partial charge in [-0.25, -0.2) is 0 Å². The lowest BCUT2D eigenvalue weighted by molar-refractivity contribution is 0.481. The van der Waals surface area contributed by atoms with Gasteiger partial charge >= 0.3 is 0 Å². The molecule has 1 aliphatic rings. The average molecular weight is 204 g/mol. The number of nitrogens with one attached hydrogen (secondary N) is 1. The third kappa shape index (κ3) is 3.31. The van der Waals surface area contributed by atoms with Crippen molar-refractivity contribution >= 4 is 0 Å². The minimum absolute atomic E-state index is 0.526. The summed E-state index contributed by atoms with van der Waals surface area (Å²) in [4.78, 5) is 4.07. The zero-order chi connectivity index (χ0) is 10.5. The highest BCUT2D eigenvalue weighted by Crippen LogP contribution is 2.35. The van der Waals surface area contributed by atoms with Crippen molar-refractivity contribution in [3.8, 4) is 0 Å². The molecule has 1 aromatic rings. The standard InChI is InChI=1S/C13H20N2/c1-2-15-13(6-5-11-3-4-11)12-7-9-14-10-8-12/h7-11,13,15H,2-6H2,1H3. The van der Waals surface area contributed by atoms with E-state index >= 15 is 0 Å². The van der Waals surface area contributed by atoms with E-state index in [2.05, 4.69) is 29.4 Å². The Bertz CT molecular complexity index is 280. The Morgan fingerprint density at radius 1 is 1.40 bits per heavy atom. The maximum absolute atomic E-state index is 4.07. The molecule has 15 heavy (non-hydrogen) atoms. The molecule has 0 bridgehead atoms. The number of rotatable bonds is 6. The van der Waals surface area contributed by atoms with E-state index in [0.29, 0.717) is 6.04 Å². The number of hydrogen-bond donors (Lipinski definition) is 1. The first-order valence-electron chi connectivity index (χ1n) is 6.03. The monoisotopic (exact) mass is 204 g/mol. The molecule has 1 N–H and O–H groups in total. The van der Waals surface area contributed by atoms with Crippen molar-refractivity contribution in [3.05, 3.63) is 30.1 Å². The van der Waals surface area contributed by atoms with Crippen molar-refractivity contribution in [1.29, 1.82) is 0 Å². The molecule has 0 spiro atoms. The van der Waals surface area contributed by atoms with Crippen LogP contribution < -0.4 is 5.32 Å². The predicted molar refractivity (Wildman–Crippen MR) is 62.6 cm³/mol. The molecule has 1 aliphatic carbocycles. The minimum Gasteiger partial charge on any atom is -0.310 e. The van der Waals surface area contributed by atoms with E-state index in [1.54, 1.807) is 0 Å². The Morgan fingerprint density at radius 2 is 2.13 bits per heavy atom.